The molecule has 0 radical (unpaired) electrons. The molecule has 3 N–H and O–H groups in total. The number of anilines is 1. The molecule has 4 heterocycles. The molecule has 13 heteroatoms. The lowest BCUT2D eigenvalue weighted by Crippen LogP contribution is -2.47. The number of fused-ring (bicyclic) bond motifs is 1. The predicted molar refractivity (Wildman–Crippen MR) is 132 cm³/mol. The van der Waals surface area contributed by atoms with Crippen molar-refractivity contribution in [2.75, 3.05) is 57.8 Å². The molecule has 1 aliphatic heterocycles. The molecule has 0 atom stereocenters. The standard InChI is InChI=1S/C21H30N8O.C2H2O4/c1-2-30-16-15-29-19(26-18-5-3-6-22-20(18)29)17-28-13-11-27(12-14-28)10-9-25-21-23-7-4-8-24-21;3-1(4)2(5)6/h3-8H,2,9-17H2,1H3,(H,23,24,25);(H,3,4)(H,5,6). The molecule has 13 nitrogen and oxygen atoms in total. The van der Waals surface area contributed by atoms with Crippen LogP contribution in [0.2, 0.25) is 0 Å². The van der Waals surface area contributed by atoms with E-state index in [-0.39, 0.29) is 0 Å². The Hall–Kier alpha value is -3.68. The number of nitrogens with one attached hydrogen (secondary N) is 1. The summed E-state index contributed by atoms with van der Waals surface area (Å²) in [4.78, 5) is 41.0. The molecule has 0 saturated carbocycles. The topological polar surface area (TPSA) is 159 Å². The smallest absolute Gasteiger partial charge is 0.414 e. The number of aliphatic carboxylic acids is 2. The van der Waals surface area contributed by atoms with Gasteiger partial charge in [-0.2, -0.15) is 0 Å². The molecular weight excluding hydrogens is 468 g/mol. The number of carboxylic acid groups (broad SMARTS) is 2. The minimum Gasteiger partial charge on any atom is -0.473 e. The second-order valence-electron chi connectivity index (χ2n) is 7.95. The fourth-order valence-electron chi connectivity index (χ4n) is 3.75. The van der Waals surface area contributed by atoms with Gasteiger partial charge in [0.1, 0.15) is 11.3 Å². The summed E-state index contributed by atoms with van der Waals surface area (Å²) in [7, 11) is 0. The van der Waals surface area contributed by atoms with E-state index in [2.05, 4.69) is 34.6 Å². The van der Waals surface area contributed by atoms with E-state index in [1.807, 2.05) is 31.3 Å². The minimum atomic E-state index is -1.82. The zero-order valence-corrected chi connectivity index (χ0v) is 20.3. The molecule has 1 aliphatic rings. The van der Waals surface area contributed by atoms with Gasteiger partial charge in [0.15, 0.2) is 5.65 Å². The number of hydrogen-bond donors (Lipinski definition) is 3. The van der Waals surface area contributed by atoms with Gasteiger partial charge in [-0.1, -0.05) is 0 Å². The van der Waals surface area contributed by atoms with Crippen LogP contribution in [-0.2, 0) is 27.4 Å². The third kappa shape index (κ3) is 8.22. The predicted octanol–water partition coefficient (Wildman–Crippen LogP) is 0.643. The summed E-state index contributed by atoms with van der Waals surface area (Å²) in [5, 5.41) is 18.1. The minimum absolute atomic E-state index is 0.678. The third-order valence-electron chi connectivity index (χ3n) is 5.54. The third-order valence-corrected chi connectivity index (χ3v) is 5.54. The SMILES string of the molecule is CCOCCn1c(CN2CCN(CCNc3ncccn3)CC2)nc2cccnc21.O=C(O)C(=O)O. The molecule has 0 unspecified atom stereocenters. The Morgan fingerprint density at radius 3 is 2.31 bits per heavy atom. The van der Waals surface area contributed by atoms with Gasteiger partial charge in [-0.05, 0) is 25.1 Å². The van der Waals surface area contributed by atoms with Gasteiger partial charge in [0.05, 0.1) is 13.2 Å². The van der Waals surface area contributed by atoms with E-state index in [1.165, 1.54) is 0 Å². The summed E-state index contributed by atoms with van der Waals surface area (Å²) in [6, 6.07) is 5.80. The summed E-state index contributed by atoms with van der Waals surface area (Å²) in [5.41, 5.74) is 1.90. The molecule has 3 aromatic rings. The summed E-state index contributed by atoms with van der Waals surface area (Å²) in [5.74, 6) is -1.89. The Bertz CT molecular complexity index is 1090. The lowest BCUT2D eigenvalue weighted by Gasteiger charge is -2.34. The van der Waals surface area contributed by atoms with E-state index in [9.17, 15) is 0 Å². The first kappa shape index (κ1) is 26.9. The zero-order valence-electron chi connectivity index (χ0n) is 20.3. The molecule has 36 heavy (non-hydrogen) atoms. The molecule has 194 valence electrons. The summed E-state index contributed by atoms with van der Waals surface area (Å²) >= 11 is 0. The van der Waals surface area contributed by atoms with Crippen molar-refractivity contribution in [3.8, 4) is 0 Å². The van der Waals surface area contributed by atoms with Crippen LogP contribution in [0.5, 0.6) is 0 Å². The van der Waals surface area contributed by atoms with Crippen molar-refractivity contribution in [3.05, 3.63) is 42.6 Å². The van der Waals surface area contributed by atoms with Crippen LogP contribution in [0.1, 0.15) is 12.7 Å². The second-order valence-corrected chi connectivity index (χ2v) is 7.95. The first-order valence-electron chi connectivity index (χ1n) is 11.8. The highest BCUT2D eigenvalue weighted by atomic mass is 16.5. The van der Waals surface area contributed by atoms with Gasteiger partial charge in [0.2, 0.25) is 5.95 Å². The van der Waals surface area contributed by atoms with Gasteiger partial charge in [0.25, 0.3) is 0 Å². The van der Waals surface area contributed by atoms with E-state index < -0.39 is 11.9 Å². The van der Waals surface area contributed by atoms with Gasteiger partial charge >= 0.3 is 11.9 Å². The highest BCUT2D eigenvalue weighted by Gasteiger charge is 2.20. The molecule has 0 amide bonds. The maximum atomic E-state index is 9.10. The molecule has 0 bridgehead atoms. The van der Waals surface area contributed by atoms with Crippen LogP contribution < -0.4 is 5.32 Å². The number of nitrogens with zero attached hydrogens (tertiary/aromatic N) is 7. The van der Waals surface area contributed by atoms with Crippen LogP contribution in [-0.4, -0.2) is 109 Å². The van der Waals surface area contributed by atoms with Crippen molar-refractivity contribution in [2.45, 2.75) is 20.0 Å². The average Bonchev–Trinajstić information content (AvgIpc) is 3.23. The molecule has 3 aromatic heterocycles. The van der Waals surface area contributed by atoms with Crippen LogP contribution in [0.25, 0.3) is 11.2 Å². The summed E-state index contributed by atoms with van der Waals surface area (Å²) in [6.45, 7) is 11.0. The summed E-state index contributed by atoms with van der Waals surface area (Å²) < 4.78 is 7.78. The maximum Gasteiger partial charge on any atom is 0.414 e. The zero-order chi connectivity index (χ0) is 25.8. The summed E-state index contributed by atoms with van der Waals surface area (Å²) in [6.07, 6.45) is 5.34. The molecular formula is C23H32N8O5. The normalized spacial score (nSPS) is 14.2. The van der Waals surface area contributed by atoms with Crippen LogP contribution in [0.4, 0.5) is 5.95 Å². The van der Waals surface area contributed by atoms with E-state index in [1.54, 1.807) is 12.4 Å². The Morgan fingerprint density at radius 2 is 1.64 bits per heavy atom. The number of carboxylic acids is 2. The molecule has 0 aliphatic carbocycles. The Morgan fingerprint density at radius 1 is 0.972 bits per heavy atom. The van der Waals surface area contributed by atoms with Gasteiger partial charge < -0.3 is 24.8 Å². The number of aromatic nitrogens is 5. The number of carbonyl (C=O) groups is 2. The number of ether oxygens (including phenoxy) is 1. The molecule has 1 saturated heterocycles. The second kappa shape index (κ2) is 14.0. The van der Waals surface area contributed by atoms with Gasteiger partial charge in [0, 0.05) is 71.0 Å². The van der Waals surface area contributed by atoms with Crippen LogP contribution in [0, 0.1) is 0 Å². The fourth-order valence-corrected chi connectivity index (χ4v) is 3.75. The number of hydrogen-bond acceptors (Lipinski definition) is 10. The van der Waals surface area contributed by atoms with Crippen molar-refractivity contribution in [2.24, 2.45) is 0 Å². The number of imidazole rings is 1. The van der Waals surface area contributed by atoms with Crippen molar-refractivity contribution in [1.82, 2.24) is 34.3 Å². The van der Waals surface area contributed by atoms with Crippen molar-refractivity contribution in [3.63, 3.8) is 0 Å². The lowest BCUT2D eigenvalue weighted by atomic mass is 10.3. The van der Waals surface area contributed by atoms with Crippen LogP contribution >= 0.6 is 0 Å². The van der Waals surface area contributed by atoms with E-state index in [0.717, 1.165) is 76.0 Å². The monoisotopic (exact) mass is 500 g/mol. The number of piperazine rings is 1. The van der Waals surface area contributed by atoms with E-state index in [4.69, 9.17) is 29.5 Å². The Kier molecular flexibility index (Phi) is 10.5. The Balaban J connectivity index is 0.000000538. The van der Waals surface area contributed by atoms with Gasteiger partial charge in [-0.25, -0.2) is 29.5 Å². The Labute approximate surface area is 208 Å². The number of pyridine rings is 1. The van der Waals surface area contributed by atoms with E-state index >= 15 is 0 Å². The fraction of sp³-hybridized carbons (Fsp3) is 0.478. The van der Waals surface area contributed by atoms with Crippen LogP contribution in [0.3, 0.4) is 0 Å². The first-order chi connectivity index (χ1) is 17.5. The average molecular weight is 501 g/mol. The molecule has 0 aromatic carbocycles. The molecule has 1 fully saturated rings. The highest BCUT2D eigenvalue weighted by Crippen LogP contribution is 2.16. The number of rotatable bonds is 10. The molecule has 4 rings (SSSR count). The first-order valence-corrected chi connectivity index (χ1v) is 11.8. The van der Waals surface area contributed by atoms with Crippen molar-refractivity contribution < 1.29 is 24.5 Å². The van der Waals surface area contributed by atoms with Crippen LogP contribution in [0.15, 0.2) is 36.8 Å². The quantitative estimate of drug-likeness (QED) is 0.264. The largest absolute Gasteiger partial charge is 0.473 e. The van der Waals surface area contributed by atoms with E-state index in [0.29, 0.717) is 12.6 Å². The highest BCUT2D eigenvalue weighted by molar-refractivity contribution is 6.27. The maximum absolute atomic E-state index is 9.10. The molecule has 0 spiro atoms. The van der Waals surface area contributed by atoms with Gasteiger partial charge in [-0.3, -0.25) is 9.80 Å². The van der Waals surface area contributed by atoms with Crippen molar-refractivity contribution >= 4 is 29.1 Å². The lowest BCUT2D eigenvalue weighted by molar-refractivity contribution is -0.159. The van der Waals surface area contributed by atoms with Crippen molar-refractivity contribution in [1.29, 1.82) is 0 Å². The van der Waals surface area contributed by atoms with Gasteiger partial charge in [-0.15, -0.1) is 0 Å².